The number of hydrogen-bond acceptors (Lipinski definition) is 3. The molecule has 5 heteroatoms. The van der Waals surface area contributed by atoms with Crippen LogP contribution in [-0.2, 0) is 9.59 Å². The number of anilines is 2. The second-order valence-electron chi connectivity index (χ2n) is 8.52. The van der Waals surface area contributed by atoms with Gasteiger partial charge in [0.1, 0.15) is 0 Å². The number of fused-ring (bicyclic) bond motifs is 1. The number of benzene rings is 2. The number of nitrogens with one attached hydrogen (secondary N) is 1. The second-order valence-corrected chi connectivity index (χ2v) is 8.92. The first-order valence-corrected chi connectivity index (χ1v) is 10.4. The first kappa shape index (κ1) is 19.7. The summed E-state index contributed by atoms with van der Waals surface area (Å²) in [6, 6.07) is 14.7. The maximum absolute atomic E-state index is 13.4. The van der Waals surface area contributed by atoms with E-state index < -0.39 is 6.04 Å². The minimum absolute atomic E-state index is 0.0458. The highest BCUT2D eigenvalue weighted by molar-refractivity contribution is 6.31. The Morgan fingerprint density at radius 1 is 1.14 bits per heavy atom. The van der Waals surface area contributed by atoms with Gasteiger partial charge in [0.05, 0.1) is 17.4 Å². The molecule has 1 aliphatic carbocycles. The number of amides is 1. The molecule has 0 unspecified atom stereocenters. The summed E-state index contributed by atoms with van der Waals surface area (Å²) in [5.41, 5.74) is 3.76. The molecule has 2 aromatic rings. The van der Waals surface area contributed by atoms with Gasteiger partial charge in [-0.25, -0.2) is 0 Å². The number of nitrogens with zero attached hydrogens (tertiary/aromatic N) is 1. The number of carbonyl (C=O) groups excluding carboxylic acids is 2. The Kier molecular flexibility index (Phi) is 4.99. The summed E-state index contributed by atoms with van der Waals surface area (Å²) in [6.07, 6.45) is 1.51. The van der Waals surface area contributed by atoms with E-state index in [1.165, 1.54) is 0 Å². The minimum atomic E-state index is -0.550. The summed E-state index contributed by atoms with van der Waals surface area (Å²) in [5, 5.41) is 4.05. The van der Waals surface area contributed by atoms with Gasteiger partial charge in [0, 0.05) is 29.1 Å². The zero-order chi connectivity index (χ0) is 20.8. The van der Waals surface area contributed by atoms with Gasteiger partial charge in [0.15, 0.2) is 5.78 Å². The third kappa shape index (κ3) is 3.46. The summed E-state index contributed by atoms with van der Waals surface area (Å²) in [5.74, 6) is 0.0194. The molecule has 0 spiro atoms. The van der Waals surface area contributed by atoms with Crippen LogP contribution in [0, 0.1) is 5.41 Å². The molecule has 29 heavy (non-hydrogen) atoms. The van der Waals surface area contributed by atoms with Gasteiger partial charge < -0.3 is 5.32 Å². The Balaban J connectivity index is 2.04. The van der Waals surface area contributed by atoms with E-state index in [-0.39, 0.29) is 17.1 Å². The smallest absolute Gasteiger partial charge is 0.227 e. The number of ketones is 1. The van der Waals surface area contributed by atoms with Crippen LogP contribution in [0.2, 0.25) is 5.02 Å². The molecular formula is C24H25ClN2O2. The number of hydrogen-bond donors (Lipinski definition) is 1. The molecule has 0 saturated carbocycles. The molecule has 0 fully saturated rings. The molecule has 1 aliphatic heterocycles. The predicted octanol–water partition coefficient (Wildman–Crippen LogP) is 5.89. The van der Waals surface area contributed by atoms with Crippen LogP contribution in [0.15, 0.2) is 59.8 Å². The van der Waals surface area contributed by atoms with Gasteiger partial charge >= 0.3 is 0 Å². The summed E-state index contributed by atoms with van der Waals surface area (Å²) in [6.45, 7) is 6.05. The molecule has 4 nitrogen and oxygen atoms in total. The lowest BCUT2D eigenvalue weighted by atomic mass is 9.73. The zero-order valence-corrected chi connectivity index (χ0v) is 17.7. The van der Waals surface area contributed by atoms with E-state index in [2.05, 4.69) is 19.2 Å². The van der Waals surface area contributed by atoms with Crippen molar-refractivity contribution in [1.29, 1.82) is 0 Å². The summed E-state index contributed by atoms with van der Waals surface area (Å²) >= 11 is 6.59. The van der Waals surface area contributed by atoms with Crippen molar-refractivity contribution in [3.05, 3.63) is 70.4 Å². The molecule has 0 saturated heterocycles. The van der Waals surface area contributed by atoms with Gasteiger partial charge in [0.2, 0.25) is 5.91 Å². The fraction of sp³-hybridized carbons (Fsp3) is 0.333. The van der Waals surface area contributed by atoms with Crippen molar-refractivity contribution >= 4 is 34.7 Å². The van der Waals surface area contributed by atoms with Crippen molar-refractivity contribution in [2.45, 2.75) is 46.1 Å². The Morgan fingerprint density at radius 2 is 1.83 bits per heavy atom. The Labute approximate surface area is 176 Å². The van der Waals surface area contributed by atoms with E-state index in [4.69, 9.17) is 11.6 Å². The van der Waals surface area contributed by atoms with Crippen molar-refractivity contribution in [3.8, 4) is 0 Å². The molecule has 2 aliphatic rings. The van der Waals surface area contributed by atoms with Crippen molar-refractivity contribution in [2.24, 2.45) is 5.41 Å². The molecule has 0 radical (unpaired) electrons. The van der Waals surface area contributed by atoms with Crippen LogP contribution in [0.5, 0.6) is 0 Å². The molecule has 0 bridgehead atoms. The SMILES string of the molecule is CCC(=O)N1c2ccccc2NC2=C(C(=O)CC(C)(C)C2)[C@H]1c1ccccc1Cl. The lowest BCUT2D eigenvalue weighted by Crippen LogP contribution is -2.39. The molecule has 2 aromatic carbocycles. The molecule has 1 amide bonds. The zero-order valence-electron chi connectivity index (χ0n) is 17.0. The first-order valence-electron chi connectivity index (χ1n) is 10.0. The number of Topliss-reactive ketones (excluding diaryl/α,β-unsaturated/α-hetero) is 1. The van der Waals surface area contributed by atoms with Crippen molar-refractivity contribution in [3.63, 3.8) is 0 Å². The Morgan fingerprint density at radius 3 is 2.55 bits per heavy atom. The highest BCUT2D eigenvalue weighted by Gasteiger charge is 2.43. The number of carbonyl (C=O) groups is 2. The van der Waals surface area contributed by atoms with Crippen molar-refractivity contribution in [1.82, 2.24) is 0 Å². The molecule has 0 aromatic heterocycles. The lowest BCUT2D eigenvalue weighted by Gasteiger charge is -2.37. The quantitative estimate of drug-likeness (QED) is 0.673. The maximum atomic E-state index is 13.4. The van der Waals surface area contributed by atoms with Gasteiger partial charge in [-0.3, -0.25) is 14.5 Å². The highest BCUT2D eigenvalue weighted by atomic mass is 35.5. The van der Waals surface area contributed by atoms with Crippen molar-refractivity contribution < 1.29 is 9.59 Å². The minimum Gasteiger partial charge on any atom is -0.357 e. The average Bonchev–Trinajstić information content (AvgIpc) is 2.81. The second kappa shape index (κ2) is 7.34. The van der Waals surface area contributed by atoms with Crippen LogP contribution in [-0.4, -0.2) is 11.7 Å². The average molecular weight is 409 g/mol. The number of rotatable bonds is 2. The van der Waals surface area contributed by atoms with E-state index >= 15 is 0 Å². The van der Waals surface area contributed by atoms with Gasteiger partial charge in [0.25, 0.3) is 0 Å². The van der Waals surface area contributed by atoms with Crippen LogP contribution in [0.3, 0.4) is 0 Å². The van der Waals surface area contributed by atoms with Crippen LogP contribution in [0.25, 0.3) is 0 Å². The predicted molar refractivity (Wildman–Crippen MR) is 117 cm³/mol. The van der Waals surface area contributed by atoms with Crippen LogP contribution < -0.4 is 10.2 Å². The lowest BCUT2D eigenvalue weighted by molar-refractivity contribution is -0.119. The number of allylic oxidation sites excluding steroid dienone is 1. The summed E-state index contributed by atoms with van der Waals surface area (Å²) < 4.78 is 0. The number of halogens is 1. The standard InChI is InChI=1S/C24H25ClN2O2/c1-4-21(29)27-19-12-8-7-11-17(19)26-18-13-24(2,3)14-20(28)22(18)23(27)15-9-5-6-10-16(15)25/h5-12,23,26H,4,13-14H2,1-3H3/t23-/m1/s1. The normalized spacial score (nSPS) is 20.5. The van der Waals surface area contributed by atoms with Gasteiger partial charge in [-0.1, -0.05) is 62.7 Å². The fourth-order valence-electron chi connectivity index (χ4n) is 4.42. The summed E-state index contributed by atoms with van der Waals surface area (Å²) in [7, 11) is 0. The van der Waals surface area contributed by atoms with Crippen LogP contribution >= 0.6 is 11.6 Å². The van der Waals surface area contributed by atoms with Crippen molar-refractivity contribution in [2.75, 3.05) is 10.2 Å². The maximum Gasteiger partial charge on any atom is 0.227 e. The van der Waals surface area contributed by atoms with Gasteiger partial charge in [-0.2, -0.15) is 0 Å². The van der Waals surface area contributed by atoms with E-state index in [1.54, 1.807) is 4.90 Å². The largest absolute Gasteiger partial charge is 0.357 e. The van der Waals surface area contributed by atoms with Gasteiger partial charge in [-0.05, 0) is 35.6 Å². The van der Waals surface area contributed by atoms with E-state index in [0.717, 1.165) is 29.1 Å². The molecule has 1 heterocycles. The topological polar surface area (TPSA) is 49.4 Å². The Hall–Kier alpha value is -2.59. The third-order valence-electron chi connectivity index (χ3n) is 5.67. The molecular weight excluding hydrogens is 384 g/mol. The molecule has 4 rings (SSSR count). The van der Waals surface area contributed by atoms with Crippen LogP contribution in [0.4, 0.5) is 11.4 Å². The van der Waals surface area contributed by atoms with E-state index in [0.29, 0.717) is 23.4 Å². The summed E-state index contributed by atoms with van der Waals surface area (Å²) in [4.78, 5) is 28.4. The van der Waals surface area contributed by atoms with Gasteiger partial charge in [-0.15, -0.1) is 0 Å². The molecule has 1 N–H and O–H groups in total. The third-order valence-corrected chi connectivity index (χ3v) is 6.02. The van der Waals surface area contributed by atoms with E-state index in [9.17, 15) is 9.59 Å². The fourth-order valence-corrected chi connectivity index (χ4v) is 4.66. The monoisotopic (exact) mass is 408 g/mol. The first-order chi connectivity index (χ1) is 13.8. The van der Waals surface area contributed by atoms with E-state index in [1.807, 2.05) is 55.5 Å². The molecule has 1 atom stereocenters. The molecule has 150 valence electrons. The number of para-hydroxylation sites is 2. The van der Waals surface area contributed by atoms with Crippen LogP contribution in [0.1, 0.15) is 51.6 Å². The highest BCUT2D eigenvalue weighted by Crippen LogP contribution is 2.49. The Bertz CT molecular complexity index is 1030.